The molecule has 4 heterocycles. The van der Waals surface area contributed by atoms with E-state index in [9.17, 15) is 38.7 Å². The van der Waals surface area contributed by atoms with Gasteiger partial charge in [0.15, 0.2) is 17.2 Å². The molecule has 4 N–H and O–H groups in total. The highest BCUT2D eigenvalue weighted by Crippen LogP contribution is 2.42. The van der Waals surface area contributed by atoms with Crippen molar-refractivity contribution in [1.29, 1.82) is 0 Å². The molecule has 2 amide bonds. The Kier molecular flexibility index (Phi) is 10.9. The van der Waals surface area contributed by atoms with E-state index in [-0.39, 0.29) is 22.9 Å². The van der Waals surface area contributed by atoms with Gasteiger partial charge in [-0.2, -0.15) is 4.98 Å². The number of tetrazole rings is 1. The average molecular weight is 760 g/mol. The van der Waals surface area contributed by atoms with Gasteiger partial charge in [0.1, 0.15) is 29.1 Å². The summed E-state index contributed by atoms with van der Waals surface area (Å²) in [6.45, 7) is 3.05. The maximum absolute atomic E-state index is 13.5. The molecule has 2 aliphatic heterocycles. The second-order valence-electron chi connectivity index (χ2n) is 10.5. The highest BCUT2D eigenvalue weighted by molar-refractivity contribution is 8.01. The van der Waals surface area contributed by atoms with Gasteiger partial charge in [-0.05, 0) is 28.1 Å². The van der Waals surface area contributed by atoms with Crippen LogP contribution in [0.2, 0.25) is 0 Å². The molecule has 52 heavy (non-hydrogen) atoms. The van der Waals surface area contributed by atoms with Crippen LogP contribution in [-0.2, 0) is 40.7 Å². The second-order valence-corrected chi connectivity index (χ2v) is 12.5. The van der Waals surface area contributed by atoms with Crippen LogP contribution < -0.4 is 25.3 Å². The van der Waals surface area contributed by atoms with Crippen LogP contribution in [-0.4, -0.2) is 105 Å². The van der Waals surface area contributed by atoms with E-state index in [1.807, 2.05) is 0 Å². The summed E-state index contributed by atoms with van der Waals surface area (Å²) < 4.78 is 21.5. The predicted octanol–water partition coefficient (Wildman–Crippen LogP) is -0.352. The molecule has 0 radical (unpaired) electrons. The summed E-state index contributed by atoms with van der Waals surface area (Å²) in [5, 5.41) is 26.8. The molecule has 0 spiro atoms. The number of benzene rings is 1. The molecule has 0 aliphatic carbocycles. The first-order valence-electron chi connectivity index (χ1n) is 14.4. The van der Waals surface area contributed by atoms with Crippen molar-refractivity contribution in [3.8, 4) is 17.2 Å². The first kappa shape index (κ1) is 37.0. The van der Waals surface area contributed by atoms with Crippen molar-refractivity contribution in [2.45, 2.75) is 37.3 Å². The first-order chi connectivity index (χ1) is 24.6. The fourth-order valence-corrected chi connectivity index (χ4v) is 6.97. The number of carbonyl (C=O) groups excluding carboxylic acids is 6. The lowest BCUT2D eigenvalue weighted by molar-refractivity contribution is -0.150. The minimum Gasteiger partial charge on any atom is -0.477 e. The SMILES string of the molecule is CC(=O)Oc1cc(C(=O)O/N=C(\C(=O)N[C@H]2C(=O)N3C(C(=O)O)=C(CSc4nnnn4C)CS[C@@H]23)c2coc(N)n2)cc(OC(C)=O)c1OC(C)=O. The van der Waals surface area contributed by atoms with Crippen LogP contribution in [0.25, 0.3) is 0 Å². The number of nitrogens with one attached hydrogen (secondary N) is 1. The molecule has 1 fully saturated rings. The number of anilines is 1. The maximum atomic E-state index is 13.5. The Bertz CT molecular complexity index is 2040. The highest BCUT2D eigenvalue weighted by atomic mass is 32.2. The summed E-state index contributed by atoms with van der Waals surface area (Å²) in [6.07, 6.45) is 0.916. The highest BCUT2D eigenvalue weighted by Gasteiger charge is 2.54. The molecular weight excluding hydrogens is 734 g/mol. The van der Waals surface area contributed by atoms with Crippen molar-refractivity contribution in [1.82, 2.24) is 35.4 Å². The summed E-state index contributed by atoms with van der Waals surface area (Å²) in [4.78, 5) is 97.3. The number of carboxylic acids is 1. The van der Waals surface area contributed by atoms with Gasteiger partial charge < -0.3 is 39.6 Å². The van der Waals surface area contributed by atoms with Gasteiger partial charge >= 0.3 is 29.8 Å². The zero-order valence-electron chi connectivity index (χ0n) is 27.2. The summed E-state index contributed by atoms with van der Waals surface area (Å²) >= 11 is 2.37. The maximum Gasteiger partial charge on any atom is 0.366 e. The number of esters is 3. The lowest BCUT2D eigenvalue weighted by atomic mass is 10.0. The zero-order valence-corrected chi connectivity index (χ0v) is 28.8. The summed E-state index contributed by atoms with van der Waals surface area (Å²) in [7, 11) is 1.62. The smallest absolute Gasteiger partial charge is 0.366 e. The summed E-state index contributed by atoms with van der Waals surface area (Å²) in [6, 6.07) is 0.211. The van der Waals surface area contributed by atoms with Gasteiger partial charge in [0.2, 0.25) is 10.9 Å². The number of carboxylic acid groups (broad SMARTS) is 1. The monoisotopic (exact) mass is 759 g/mol. The lowest BCUT2D eigenvalue weighted by Gasteiger charge is -2.49. The van der Waals surface area contributed by atoms with E-state index in [1.165, 1.54) is 28.2 Å². The number of nitrogen functional groups attached to an aromatic ring is 1. The third-order valence-corrected chi connectivity index (χ3v) is 9.14. The number of ether oxygens (including phenoxy) is 3. The van der Waals surface area contributed by atoms with Gasteiger partial charge in [0.25, 0.3) is 17.8 Å². The van der Waals surface area contributed by atoms with E-state index >= 15 is 0 Å². The van der Waals surface area contributed by atoms with E-state index in [4.69, 9.17) is 29.2 Å². The van der Waals surface area contributed by atoms with E-state index < -0.39 is 87.6 Å². The van der Waals surface area contributed by atoms with Gasteiger partial charge in [-0.25, -0.2) is 14.3 Å². The fourth-order valence-electron chi connectivity index (χ4n) is 4.64. The van der Waals surface area contributed by atoms with Crippen molar-refractivity contribution in [3.05, 3.63) is 40.9 Å². The summed E-state index contributed by atoms with van der Waals surface area (Å²) in [5.41, 5.74) is 4.29. The number of hydrogen-bond acceptors (Lipinski definition) is 20. The fraction of sp³-hybridized carbons (Fsp3) is 0.286. The van der Waals surface area contributed by atoms with Crippen molar-refractivity contribution in [2.75, 3.05) is 17.2 Å². The number of oxime groups is 1. The second kappa shape index (κ2) is 15.3. The Morgan fingerprint density at radius 3 is 2.29 bits per heavy atom. The molecule has 1 aromatic carbocycles. The van der Waals surface area contributed by atoms with Crippen LogP contribution in [0.15, 0.2) is 44.4 Å². The number of thioether (sulfide) groups is 2. The van der Waals surface area contributed by atoms with E-state index in [0.29, 0.717) is 10.7 Å². The number of amides is 2. The lowest BCUT2D eigenvalue weighted by Crippen LogP contribution is -2.71. The molecule has 22 nitrogen and oxygen atoms in total. The average Bonchev–Trinajstić information content (AvgIpc) is 3.69. The van der Waals surface area contributed by atoms with Crippen LogP contribution in [0.5, 0.6) is 17.2 Å². The van der Waals surface area contributed by atoms with Crippen molar-refractivity contribution in [2.24, 2.45) is 12.2 Å². The number of nitrogens with two attached hydrogens (primary N) is 1. The predicted molar refractivity (Wildman–Crippen MR) is 172 cm³/mol. The standard InChI is InChI=1S/C28H25N9O13S2/c1-10(38)47-16-5-13(6-17(48-11(2)39)21(16)49-12(3)40)26(45)50-33-18(15-7-46-27(29)30-15)22(41)31-19-23(42)37-20(25(43)44)14(8-51-24(19)37)9-52-28-32-34-35-36(28)4/h5-7,19,24H,8-9H2,1-4H3,(H2,29,30)(H,31,41)(H,43,44)/b33-18-/t19-,24-/m0/s1. The Balaban J connectivity index is 1.38. The molecule has 3 aromatic rings. The zero-order chi connectivity index (χ0) is 37.9. The van der Waals surface area contributed by atoms with Crippen molar-refractivity contribution < 1.29 is 62.1 Å². The minimum absolute atomic E-state index is 0.170. The summed E-state index contributed by atoms with van der Waals surface area (Å²) in [5.74, 6) is -8.29. The van der Waals surface area contributed by atoms with Gasteiger partial charge in [-0.3, -0.25) is 28.9 Å². The minimum atomic E-state index is -1.35. The molecule has 5 rings (SSSR count). The van der Waals surface area contributed by atoms with Gasteiger partial charge in [-0.15, -0.1) is 16.9 Å². The van der Waals surface area contributed by atoms with E-state index in [2.05, 4.69) is 31.0 Å². The number of aliphatic carboxylic acids is 1. The molecular formula is C28H25N9O13S2. The topological polar surface area (TPSA) is 300 Å². The number of carbonyl (C=O) groups is 7. The van der Waals surface area contributed by atoms with Crippen LogP contribution >= 0.6 is 23.5 Å². The molecule has 0 bridgehead atoms. The third kappa shape index (κ3) is 8.02. The Morgan fingerprint density at radius 1 is 1.10 bits per heavy atom. The van der Waals surface area contributed by atoms with E-state index in [1.54, 1.807) is 7.05 Å². The number of nitrogens with zero attached hydrogens (tertiary/aromatic N) is 7. The Morgan fingerprint density at radius 2 is 1.75 bits per heavy atom. The van der Waals surface area contributed by atoms with E-state index in [0.717, 1.165) is 44.1 Å². The number of aryl methyl sites for hydroxylation is 1. The van der Waals surface area contributed by atoms with Crippen LogP contribution in [0, 0.1) is 0 Å². The largest absolute Gasteiger partial charge is 0.477 e. The molecule has 0 saturated carbocycles. The number of hydrogen-bond donors (Lipinski definition) is 3. The van der Waals surface area contributed by atoms with Gasteiger partial charge in [0.05, 0.1) is 5.56 Å². The molecule has 0 unspecified atom stereocenters. The van der Waals surface area contributed by atoms with Crippen molar-refractivity contribution in [3.63, 3.8) is 0 Å². The molecule has 1 saturated heterocycles. The molecule has 2 atom stereocenters. The number of rotatable bonds is 12. The molecule has 24 heteroatoms. The van der Waals surface area contributed by atoms with Gasteiger partial charge in [-0.1, -0.05) is 16.9 Å². The third-order valence-electron chi connectivity index (χ3n) is 6.70. The number of oxazole rings is 1. The number of β-lactam (4-membered cyclic amide) rings is 1. The number of fused-ring (bicyclic) bond motifs is 1. The first-order valence-corrected chi connectivity index (χ1v) is 16.5. The Labute approximate surface area is 299 Å². The van der Waals surface area contributed by atoms with Crippen molar-refractivity contribution >= 4 is 76.9 Å². The quantitative estimate of drug-likeness (QED) is 0.0404. The molecule has 2 aromatic heterocycles. The normalized spacial score (nSPS) is 16.7. The molecule has 2 aliphatic rings. The van der Waals surface area contributed by atoms with Crippen LogP contribution in [0.3, 0.4) is 0 Å². The number of aromatic nitrogens is 5. The van der Waals surface area contributed by atoms with Gasteiger partial charge in [0, 0.05) is 39.3 Å². The van der Waals surface area contributed by atoms with Crippen LogP contribution in [0.1, 0.15) is 36.8 Å². The Hall–Kier alpha value is -6.30. The van der Waals surface area contributed by atoms with Crippen LogP contribution in [0.4, 0.5) is 6.01 Å². The molecule has 272 valence electrons.